The molecule has 20 heavy (non-hydrogen) atoms. The number of hydrogen-bond acceptors (Lipinski definition) is 3. The standard InChI is InChI=1S/C10H9F6N3O/c11-9(12,13)4-18-8(20)6-3-5(10(14,15)16)1-2-7(6)19-17/h1-3,19H,4,17H2,(H,18,20). The lowest BCUT2D eigenvalue weighted by Gasteiger charge is -2.14. The first-order valence-corrected chi connectivity index (χ1v) is 5.07. The van der Waals surface area contributed by atoms with E-state index < -0.39 is 35.9 Å². The number of benzene rings is 1. The molecule has 1 aromatic carbocycles. The summed E-state index contributed by atoms with van der Waals surface area (Å²) in [5, 5.41) is 1.47. The zero-order valence-electron chi connectivity index (χ0n) is 9.69. The van der Waals surface area contributed by atoms with Gasteiger partial charge < -0.3 is 10.7 Å². The van der Waals surface area contributed by atoms with Crippen LogP contribution in [0.1, 0.15) is 15.9 Å². The maximum absolute atomic E-state index is 12.5. The number of amides is 1. The highest BCUT2D eigenvalue weighted by Crippen LogP contribution is 2.31. The van der Waals surface area contributed by atoms with Crippen LogP contribution in [-0.2, 0) is 6.18 Å². The summed E-state index contributed by atoms with van der Waals surface area (Å²) in [6, 6.07) is 1.92. The lowest BCUT2D eigenvalue weighted by molar-refractivity contribution is -0.137. The van der Waals surface area contributed by atoms with Crippen molar-refractivity contribution in [1.82, 2.24) is 5.32 Å². The maximum atomic E-state index is 12.5. The molecule has 0 fully saturated rings. The van der Waals surface area contributed by atoms with Crippen LogP contribution in [0.15, 0.2) is 18.2 Å². The fraction of sp³-hybridized carbons (Fsp3) is 0.300. The highest BCUT2D eigenvalue weighted by Gasteiger charge is 2.32. The van der Waals surface area contributed by atoms with Gasteiger partial charge in [0, 0.05) is 0 Å². The number of hydrazine groups is 1. The minimum Gasteiger partial charge on any atom is -0.343 e. The van der Waals surface area contributed by atoms with Crippen LogP contribution in [0.5, 0.6) is 0 Å². The maximum Gasteiger partial charge on any atom is 0.416 e. The Labute approximate surface area is 108 Å². The Morgan fingerprint density at radius 2 is 1.75 bits per heavy atom. The summed E-state index contributed by atoms with van der Waals surface area (Å²) in [5.41, 5.74) is -0.0869. The van der Waals surface area contributed by atoms with Crippen molar-refractivity contribution in [3.05, 3.63) is 29.3 Å². The first-order valence-electron chi connectivity index (χ1n) is 5.07. The number of halogens is 6. The highest BCUT2D eigenvalue weighted by molar-refractivity contribution is 5.99. The fourth-order valence-electron chi connectivity index (χ4n) is 1.31. The van der Waals surface area contributed by atoms with Gasteiger partial charge in [-0.05, 0) is 18.2 Å². The Bertz CT molecular complexity index is 497. The van der Waals surface area contributed by atoms with Crippen molar-refractivity contribution in [2.75, 3.05) is 12.0 Å². The molecule has 0 aliphatic rings. The molecule has 0 radical (unpaired) electrons. The first kappa shape index (κ1) is 16.1. The topological polar surface area (TPSA) is 67.1 Å². The van der Waals surface area contributed by atoms with Gasteiger partial charge >= 0.3 is 12.4 Å². The molecule has 0 heterocycles. The SMILES string of the molecule is NNc1ccc(C(F)(F)F)cc1C(=O)NCC(F)(F)F. The summed E-state index contributed by atoms with van der Waals surface area (Å²) in [4.78, 5) is 11.5. The van der Waals surface area contributed by atoms with Crippen LogP contribution < -0.4 is 16.6 Å². The van der Waals surface area contributed by atoms with Crippen molar-refractivity contribution in [3.8, 4) is 0 Å². The predicted molar refractivity (Wildman–Crippen MR) is 57.6 cm³/mol. The van der Waals surface area contributed by atoms with Crippen LogP contribution in [0.4, 0.5) is 32.0 Å². The number of rotatable bonds is 3. The first-order chi connectivity index (χ1) is 9.04. The zero-order chi connectivity index (χ0) is 15.6. The van der Waals surface area contributed by atoms with Crippen LogP contribution in [0.2, 0.25) is 0 Å². The van der Waals surface area contributed by atoms with Gasteiger partial charge in [-0.1, -0.05) is 0 Å². The number of nitrogen functional groups attached to an aromatic ring is 1. The number of carbonyl (C=O) groups excluding carboxylic acids is 1. The minimum atomic E-state index is -4.73. The number of carbonyl (C=O) groups is 1. The van der Waals surface area contributed by atoms with Crippen molar-refractivity contribution < 1.29 is 31.1 Å². The Hall–Kier alpha value is -1.97. The molecule has 0 aliphatic carbocycles. The highest BCUT2D eigenvalue weighted by atomic mass is 19.4. The van der Waals surface area contributed by atoms with Crippen molar-refractivity contribution in [3.63, 3.8) is 0 Å². The van der Waals surface area contributed by atoms with E-state index >= 15 is 0 Å². The molecule has 0 spiro atoms. The molecule has 0 aliphatic heterocycles. The van der Waals surface area contributed by atoms with Gasteiger partial charge in [-0.25, -0.2) is 0 Å². The molecule has 112 valence electrons. The number of anilines is 1. The van der Waals surface area contributed by atoms with E-state index in [0.29, 0.717) is 12.1 Å². The van der Waals surface area contributed by atoms with Gasteiger partial charge in [-0.2, -0.15) is 26.3 Å². The van der Waals surface area contributed by atoms with Crippen LogP contribution >= 0.6 is 0 Å². The van der Waals surface area contributed by atoms with Gasteiger partial charge in [-0.3, -0.25) is 10.6 Å². The van der Waals surface area contributed by atoms with Gasteiger partial charge in [0.25, 0.3) is 5.91 Å². The smallest absolute Gasteiger partial charge is 0.343 e. The molecule has 0 saturated carbocycles. The molecule has 0 unspecified atom stereocenters. The van der Waals surface area contributed by atoms with E-state index in [1.54, 1.807) is 0 Å². The molecule has 10 heteroatoms. The molecular weight excluding hydrogens is 292 g/mol. The summed E-state index contributed by atoms with van der Waals surface area (Å²) in [6.07, 6.45) is -9.40. The van der Waals surface area contributed by atoms with Gasteiger partial charge in [0.15, 0.2) is 0 Å². The van der Waals surface area contributed by atoms with E-state index in [1.165, 1.54) is 5.32 Å². The average Bonchev–Trinajstić information content (AvgIpc) is 2.33. The number of nitrogens with one attached hydrogen (secondary N) is 2. The van der Waals surface area contributed by atoms with Gasteiger partial charge in [-0.15, -0.1) is 0 Å². The van der Waals surface area contributed by atoms with E-state index in [-0.39, 0.29) is 5.69 Å². The Balaban J connectivity index is 3.05. The molecule has 1 aromatic rings. The van der Waals surface area contributed by atoms with E-state index in [0.717, 1.165) is 6.07 Å². The minimum absolute atomic E-state index is 0.224. The molecular formula is C10H9F6N3O. The normalized spacial score (nSPS) is 12.2. The average molecular weight is 301 g/mol. The molecule has 4 N–H and O–H groups in total. The second-order valence-electron chi connectivity index (χ2n) is 3.70. The Kier molecular flexibility index (Phi) is 4.48. The van der Waals surface area contributed by atoms with Crippen molar-refractivity contribution >= 4 is 11.6 Å². The third-order valence-electron chi connectivity index (χ3n) is 2.20. The van der Waals surface area contributed by atoms with Crippen molar-refractivity contribution in [2.24, 2.45) is 5.84 Å². The van der Waals surface area contributed by atoms with Crippen molar-refractivity contribution in [2.45, 2.75) is 12.4 Å². The molecule has 0 saturated heterocycles. The van der Waals surface area contributed by atoms with Crippen molar-refractivity contribution in [1.29, 1.82) is 0 Å². The van der Waals surface area contributed by atoms with Crippen LogP contribution in [-0.4, -0.2) is 18.6 Å². The summed E-state index contributed by atoms with van der Waals surface area (Å²) >= 11 is 0. The van der Waals surface area contributed by atoms with E-state index in [2.05, 4.69) is 0 Å². The van der Waals surface area contributed by atoms with E-state index in [4.69, 9.17) is 5.84 Å². The molecule has 1 amide bonds. The van der Waals surface area contributed by atoms with Crippen LogP contribution in [0.25, 0.3) is 0 Å². The number of hydrogen-bond donors (Lipinski definition) is 3. The number of alkyl halides is 6. The number of nitrogens with two attached hydrogens (primary N) is 1. The third-order valence-corrected chi connectivity index (χ3v) is 2.20. The summed E-state index contributed by atoms with van der Waals surface area (Å²) in [7, 11) is 0. The molecule has 4 nitrogen and oxygen atoms in total. The molecule has 0 aromatic heterocycles. The summed E-state index contributed by atoms with van der Waals surface area (Å²) in [5.74, 6) is 3.68. The van der Waals surface area contributed by atoms with Crippen LogP contribution in [0.3, 0.4) is 0 Å². The summed E-state index contributed by atoms with van der Waals surface area (Å²) < 4.78 is 73.3. The molecule has 1 rings (SSSR count). The van der Waals surface area contributed by atoms with Gasteiger partial charge in [0.2, 0.25) is 0 Å². The summed E-state index contributed by atoms with van der Waals surface area (Å²) in [6.45, 7) is -1.66. The lowest BCUT2D eigenvalue weighted by atomic mass is 10.1. The second-order valence-corrected chi connectivity index (χ2v) is 3.70. The monoisotopic (exact) mass is 301 g/mol. The van der Waals surface area contributed by atoms with Crippen LogP contribution in [0, 0.1) is 0 Å². The second kappa shape index (κ2) is 5.57. The largest absolute Gasteiger partial charge is 0.416 e. The quantitative estimate of drug-likeness (QED) is 0.456. The molecule has 0 bridgehead atoms. The lowest BCUT2D eigenvalue weighted by Crippen LogP contribution is -2.34. The van der Waals surface area contributed by atoms with E-state index in [1.807, 2.05) is 5.43 Å². The Morgan fingerprint density at radius 1 is 1.15 bits per heavy atom. The Morgan fingerprint density at radius 3 is 2.20 bits per heavy atom. The van der Waals surface area contributed by atoms with E-state index in [9.17, 15) is 31.1 Å². The fourth-order valence-corrected chi connectivity index (χ4v) is 1.31. The zero-order valence-corrected chi connectivity index (χ0v) is 9.69. The predicted octanol–water partition coefficient (Wildman–Crippen LogP) is 2.28. The molecule has 0 atom stereocenters. The van der Waals surface area contributed by atoms with Gasteiger partial charge in [0.1, 0.15) is 6.54 Å². The van der Waals surface area contributed by atoms with Gasteiger partial charge in [0.05, 0.1) is 16.8 Å². The third kappa shape index (κ3) is 4.30.